The van der Waals surface area contributed by atoms with Crippen LogP contribution in [0.15, 0.2) is 30.5 Å². The fourth-order valence-corrected chi connectivity index (χ4v) is 3.74. The van der Waals surface area contributed by atoms with Crippen molar-refractivity contribution in [2.75, 3.05) is 4.90 Å². The number of anilines is 1. The SMILES string of the molecule is O=C1[C@@H]2[C@@H](C(=O)N1c1ccc(Cl)cn1)[C@H]1C=C[C@@H]2C1. The lowest BCUT2D eigenvalue weighted by molar-refractivity contribution is -0.123. The van der Waals surface area contributed by atoms with Gasteiger partial charge in [0.2, 0.25) is 11.8 Å². The molecule has 2 bridgehead atoms. The Labute approximate surface area is 115 Å². The van der Waals surface area contributed by atoms with Crippen LogP contribution in [0.1, 0.15) is 6.42 Å². The Morgan fingerprint density at radius 1 is 1.11 bits per heavy atom. The molecule has 0 aromatic carbocycles. The maximum atomic E-state index is 12.5. The van der Waals surface area contributed by atoms with E-state index in [1.54, 1.807) is 12.1 Å². The van der Waals surface area contributed by atoms with Crippen molar-refractivity contribution in [1.82, 2.24) is 4.98 Å². The number of rotatable bonds is 1. The van der Waals surface area contributed by atoms with E-state index in [1.807, 2.05) is 0 Å². The molecule has 4 rings (SSSR count). The van der Waals surface area contributed by atoms with Gasteiger partial charge in [-0.2, -0.15) is 0 Å². The van der Waals surface area contributed by atoms with Crippen molar-refractivity contribution in [2.24, 2.45) is 23.7 Å². The van der Waals surface area contributed by atoms with Gasteiger partial charge < -0.3 is 0 Å². The number of fused-ring (bicyclic) bond motifs is 5. The van der Waals surface area contributed by atoms with Crippen LogP contribution in [-0.4, -0.2) is 16.8 Å². The summed E-state index contributed by atoms with van der Waals surface area (Å²) in [6.07, 6.45) is 6.55. The lowest BCUT2D eigenvalue weighted by atomic mass is 9.85. The molecule has 4 atom stereocenters. The molecule has 4 nitrogen and oxygen atoms in total. The largest absolute Gasteiger partial charge is 0.274 e. The minimum atomic E-state index is -0.181. The highest BCUT2D eigenvalue weighted by atomic mass is 35.5. The van der Waals surface area contributed by atoms with Crippen LogP contribution < -0.4 is 4.90 Å². The van der Waals surface area contributed by atoms with Crippen LogP contribution in [0.3, 0.4) is 0 Å². The molecule has 2 heterocycles. The zero-order valence-electron chi connectivity index (χ0n) is 9.99. The van der Waals surface area contributed by atoms with Crippen LogP contribution in [0, 0.1) is 23.7 Å². The van der Waals surface area contributed by atoms with Crippen molar-refractivity contribution in [3.8, 4) is 0 Å². The van der Waals surface area contributed by atoms with Crippen molar-refractivity contribution in [1.29, 1.82) is 0 Å². The highest BCUT2D eigenvalue weighted by Gasteiger charge is 2.59. The third-order valence-corrected chi connectivity index (χ3v) is 4.63. The smallest absolute Gasteiger partial charge is 0.239 e. The molecular weight excluding hydrogens is 264 g/mol. The van der Waals surface area contributed by atoms with Crippen LogP contribution in [-0.2, 0) is 9.59 Å². The van der Waals surface area contributed by atoms with Gasteiger partial charge in [0.1, 0.15) is 5.82 Å². The average molecular weight is 275 g/mol. The second kappa shape index (κ2) is 3.67. The lowest BCUT2D eigenvalue weighted by Gasteiger charge is -2.15. The number of carbonyl (C=O) groups is 2. The van der Waals surface area contributed by atoms with E-state index in [0.717, 1.165) is 6.42 Å². The third kappa shape index (κ3) is 1.38. The highest BCUT2D eigenvalue weighted by molar-refractivity contribution is 6.30. The molecule has 1 aromatic heterocycles. The Kier molecular flexibility index (Phi) is 2.16. The molecule has 0 unspecified atom stereocenters. The van der Waals surface area contributed by atoms with Gasteiger partial charge in [-0.25, -0.2) is 9.88 Å². The number of hydrogen-bond acceptors (Lipinski definition) is 3. The highest BCUT2D eigenvalue weighted by Crippen LogP contribution is 2.52. The first-order valence-electron chi connectivity index (χ1n) is 6.34. The number of aromatic nitrogens is 1. The predicted molar refractivity (Wildman–Crippen MR) is 69.5 cm³/mol. The quantitative estimate of drug-likeness (QED) is 0.582. The molecule has 0 radical (unpaired) electrons. The Hall–Kier alpha value is -1.68. The van der Waals surface area contributed by atoms with Gasteiger partial charge in [-0.15, -0.1) is 0 Å². The zero-order valence-corrected chi connectivity index (χ0v) is 10.7. The molecule has 0 N–H and O–H groups in total. The monoisotopic (exact) mass is 274 g/mol. The van der Waals surface area contributed by atoms with Crippen LogP contribution in [0.5, 0.6) is 0 Å². The van der Waals surface area contributed by atoms with E-state index in [1.165, 1.54) is 11.1 Å². The number of halogens is 1. The summed E-state index contributed by atoms with van der Waals surface area (Å²) in [5.74, 6) is 0.254. The van der Waals surface area contributed by atoms with E-state index in [0.29, 0.717) is 10.8 Å². The van der Waals surface area contributed by atoms with Crippen molar-refractivity contribution in [2.45, 2.75) is 6.42 Å². The number of carbonyl (C=O) groups excluding carboxylic acids is 2. The van der Waals surface area contributed by atoms with Gasteiger partial charge in [-0.05, 0) is 30.4 Å². The van der Waals surface area contributed by atoms with Crippen LogP contribution >= 0.6 is 11.6 Å². The zero-order chi connectivity index (χ0) is 13.1. The summed E-state index contributed by atoms with van der Waals surface area (Å²) in [4.78, 5) is 30.3. The van der Waals surface area contributed by atoms with Crippen molar-refractivity contribution < 1.29 is 9.59 Å². The summed E-state index contributed by atoms with van der Waals surface area (Å²) in [7, 11) is 0. The van der Waals surface area contributed by atoms with Crippen molar-refractivity contribution in [3.05, 3.63) is 35.5 Å². The summed E-state index contributed by atoms with van der Waals surface area (Å²) in [6.45, 7) is 0. The second-order valence-corrected chi connectivity index (χ2v) is 5.78. The summed E-state index contributed by atoms with van der Waals surface area (Å²) < 4.78 is 0. The van der Waals surface area contributed by atoms with Gasteiger partial charge in [0.15, 0.2) is 0 Å². The topological polar surface area (TPSA) is 50.3 Å². The standard InChI is InChI=1S/C14H11ClN2O2/c15-9-3-4-10(16-6-9)17-13(18)11-7-1-2-8(5-7)12(11)14(17)19/h1-4,6-8,11-12H,5H2/t7-,8+,11-,12-/m0/s1. The first-order valence-corrected chi connectivity index (χ1v) is 6.72. The van der Waals surface area contributed by atoms with Gasteiger partial charge in [-0.1, -0.05) is 23.8 Å². The Balaban J connectivity index is 1.74. The number of allylic oxidation sites excluding steroid dienone is 2. The first-order chi connectivity index (χ1) is 9.16. The molecular formula is C14H11ClN2O2. The number of amides is 2. The van der Waals surface area contributed by atoms with Gasteiger partial charge in [0.05, 0.1) is 16.9 Å². The maximum Gasteiger partial charge on any atom is 0.239 e. The van der Waals surface area contributed by atoms with Gasteiger partial charge in [0.25, 0.3) is 0 Å². The molecule has 96 valence electrons. The summed E-state index contributed by atoms with van der Waals surface area (Å²) >= 11 is 5.78. The molecule has 19 heavy (non-hydrogen) atoms. The minimum absolute atomic E-state index is 0.110. The number of nitrogens with zero attached hydrogens (tertiary/aromatic N) is 2. The Morgan fingerprint density at radius 2 is 1.74 bits per heavy atom. The molecule has 3 aliphatic rings. The molecule has 1 saturated carbocycles. The van der Waals surface area contributed by atoms with E-state index in [4.69, 9.17) is 11.6 Å². The van der Waals surface area contributed by atoms with Crippen LogP contribution in [0.2, 0.25) is 5.02 Å². The van der Waals surface area contributed by atoms with E-state index in [-0.39, 0.29) is 35.5 Å². The molecule has 2 aliphatic carbocycles. The molecule has 0 spiro atoms. The molecule has 5 heteroatoms. The summed E-state index contributed by atoms with van der Waals surface area (Å²) in [5.41, 5.74) is 0. The van der Waals surface area contributed by atoms with Gasteiger partial charge >= 0.3 is 0 Å². The number of pyridine rings is 1. The fourth-order valence-electron chi connectivity index (χ4n) is 3.63. The molecule has 1 saturated heterocycles. The molecule has 2 amide bonds. The third-order valence-electron chi connectivity index (χ3n) is 4.41. The van der Waals surface area contributed by atoms with Crippen LogP contribution in [0.25, 0.3) is 0 Å². The lowest BCUT2D eigenvalue weighted by Crippen LogP contribution is -2.33. The Bertz CT molecular complexity index is 580. The van der Waals surface area contributed by atoms with Crippen LogP contribution in [0.4, 0.5) is 5.82 Å². The van der Waals surface area contributed by atoms with E-state index < -0.39 is 0 Å². The predicted octanol–water partition coefficient (Wildman–Crippen LogP) is 2.05. The van der Waals surface area contributed by atoms with Gasteiger partial charge in [-0.3, -0.25) is 9.59 Å². The maximum absolute atomic E-state index is 12.5. The van der Waals surface area contributed by atoms with Crippen molar-refractivity contribution in [3.63, 3.8) is 0 Å². The summed E-state index contributed by atoms with van der Waals surface area (Å²) in [5, 5.41) is 0.491. The molecule has 2 fully saturated rings. The first kappa shape index (κ1) is 11.2. The van der Waals surface area contributed by atoms with E-state index >= 15 is 0 Å². The second-order valence-electron chi connectivity index (χ2n) is 5.35. The van der Waals surface area contributed by atoms with E-state index in [2.05, 4.69) is 17.1 Å². The fraction of sp³-hybridized carbons (Fsp3) is 0.357. The van der Waals surface area contributed by atoms with Gasteiger partial charge in [0, 0.05) is 6.20 Å². The number of hydrogen-bond donors (Lipinski definition) is 0. The number of imide groups is 1. The van der Waals surface area contributed by atoms with Crippen molar-refractivity contribution >= 4 is 29.2 Å². The Morgan fingerprint density at radius 3 is 2.26 bits per heavy atom. The average Bonchev–Trinajstić information content (AvgIpc) is 3.06. The summed E-state index contributed by atoms with van der Waals surface area (Å²) in [6, 6.07) is 3.26. The molecule has 1 aliphatic heterocycles. The molecule has 1 aromatic rings. The van der Waals surface area contributed by atoms with E-state index in [9.17, 15) is 9.59 Å². The normalized spacial score (nSPS) is 35.3. The minimum Gasteiger partial charge on any atom is -0.274 e.